The Morgan fingerprint density at radius 3 is 2.69 bits per heavy atom. The van der Waals surface area contributed by atoms with Crippen molar-refractivity contribution in [2.24, 2.45) is 0 Å². The Balaban J connectivity index is 2.14. The maximum absolute atomic E-state index is 10.00. The molecule has 0 aliphatic heterocycles. The summed E-state index contributed by atoms with van der Waals surface area (Å²) in [6.07, 6.45) is 1.47. The van der Waals surface area contributed by atoms with Crippen LogP contribution < -0.4 is 0 Å². The van der Waals surface area contributed by atoms with E-state index < -0.39 is 6.10 Å². The van der Waals surface area contributed by atoms with E-state index in [1.807, 2.05) is 24.3 Å². The van der Waals surface area contributed by atoms with Crippen LogP contribution >= 0.6 is 31.9 Å². The molecule has 1 aromatic heterocycles. The van der Waals surface area contributed by atoms with E-state index in [4.69, 9.17) is 4.42 Å². The van der Waals surface area contributed by atoms with Gasteiger partial charge in [0.15, 0.2) is 0 Å². The van der Waals surface area contributed by atoms with Gasteiger partial charge in [0.05, 0.1) is 10.7 Å². The van der Waals surface area contributed by atoms with E-state index in [1.165, 1.54) is 0 Å². The van der Waals surface area contributed by atoms with Crippen molar-refractivity contribution < 1.29 is 9.52 Å². The Bertz CT molecular complexity index is 479. The van der Waals surface area contributed by atoms with Crippen molar-refractivity contribution in [3.05, 3.63) is 56.9 Å². The lowest BCUT2D eigenvalue weighted by molar-refractivity contribution is 0.149. The molecular weight excluding hydrogens is 336 g/mol. The fourth-order valence-electron chi connectivity index (χ4n) is 1.52. The first-order chi connectivity index (χ1) is 7.66. The first kappa shape index (κ1) is 11.9. The monoisotopic (exact) mass is 344 g/mol. The standard InChI is InChI=1S/C12H10Br2O2/c13-9-3-1-2-8(6-9)7-11(15)12-10(14)4-5-16-12/h1-6,11,15H,7H2. The minimum absolute atomic E-state index is 0.533. The van der Waals surface area contributed by atoms with Crippen molar-refractivity contribution in [3.63, 3.8) is 0 Å². The maximum atomic E-state index is 10.00. The van der Waals surface area contributed by atoms with Crippen LogP contribution in [0.5, 0.6) is 0 Å². The molecule has 1 N–H and O–H groups in total. The van der Waals surface area contributed by atoms with Crippen molar-refractivity contribution in [1.29, 1.82) is 0 Å². The zero-order chi connectivity index (χ0) is 11.5. The van der Waals surface area contributed by atoms with Gasteiger partial charge < -0.3 is 9.52 Å². The topological polar surface area (TPSA) is 33.4 Å². The zero-order valence-electron chi connectivity index (χ0n) is 8.36. The molecule has 16 heavy (non-hydrogen) atoms. The highest BCUT2D eigenvalue weighted by atomic mass is 79.9. The summed E-state index contributed by atoms with van der Waals surface area (Å²) in [4.78, 5) is 0. The summed E-state index contributed by atoms with van der Waals surface area (Å²) in [7, 11) is 0. The quantitative estimate of drug-likeness (QED) is 0.909. The molecule has 0 fully saturated rings. The van der Waals surface area contributed by atoms with Crippen LogP contribution in [0.25, 0.3) is 0 Å². The van der Waals surface area contributed by atoms with Gasteiger partial charge in [-0.2, -0.15) is 0 Å². The molecule has 1 atom stereocenters. The molecule has 2 aromatic rings. The van der Waals surface area contributed by atoms with E-state index in [9.17, 15) is 5.11 Å². The second kappa shape index (κ2) is 5.17. The smallest absolute Gasteiger partial charge is 0.146 e. The first-order valence-electron chi connectivity index (χ1n) is 4.82. The molecule has 1 heterocycles. The van der Waals surface area contributed by atoms with Crippen LogP contribution in [0.4, 0.5) is 0 Å². The van der Waals surface area contributed by atoms with Crippen molar-refractivity contribution in [2.45, 2.75) is 12.5 Å². The predicted molar refractivity (Wildman–Crippen MR) is 69.2 cm³/mol. The van der Waals surface area contributed by atoms with E-state index in [-0.39, 0.29) is 0 Å². The molecule has 1 aromatic carbocycles. The van der Waals surface area contributed by atoms with Crippen molar-refractivity contribution in [1.82, 2.24) is 0 Å². The van der Waals surface area contributed by atoms with Gasteiger partial charge in [-0.1, -0.05) is 28.1 Å². The number of hydrogen-bond acceptors (Lipinski definition) is 2. The van der Waals surface area contributed by atoms with Crippen LogP contribution in [0.3, 0.4) is 0 Å². The summed E-state index contributed by atoms with van der Waals surface area (Å²) in [5, 5.41) is 10.00. The van der Waals surface area contributed by atoms with Crippen molar-refractivity contribution >= 4 is 31.9 Å². The summed E-state index contributed by atoms with van der Waals surface area (Å²) in [5.74, 6) is 0.569. The highest BCUT2D eigenvalue weighted by Gasteiger charge is 2.15. The van der Waals surface area contributed by atoms with Gasteiger partial charge in [-0.25, -0.2) is 0 Å². The Morgan fingerprint density at radius 2 is 2.06 bits per heavy atom. The lowest BCUT2D eigenvalue weighted by Gasteiger charge is -2.08. The molecule has 0 amide bonds. The molecule has 84 valence electrons. The van der Waals surface area contributed by atoms with Gasteiger partial charge in [0, 0.05) is 10.9 Å². The highest BCUT2D eigenvalue weighted by molar-refractivity contribution is 9.10. The summed E-state index contributed by atoms with van der Waals surface area (Å²) < 4.78 is 7.03. The Labute approximate surface area is 111 Å². The molecule has 1 unspecified atom stereocenters. The average molecular weight is 346 g/mol. The van der Waals surface area contributed by atoms with E-state index >= 15 is 0 Å². The van der Waals surface area contributed by atoms with Crippen LogP contribution in [0.2, 0.25) is 0 Å². The third-order valence-corrected chi connectivity index (χ3v) is 3.41. The van der Waals surface area contributed by atoms with Gasteiger partial charge in [-0.15, -0.1) is 0 Å². The molecule has 0 saturated carbocycles. The van der Waals surface area contributed by atoms with E-state index in [0.717, 1.165) is 14.5 Å². The molecule has 0 radical (unpaired) electrons. The van der Waals surface area contributed by atoms with Gasteiger partial charge in [-0.3, -0.25) is 0 Å². The van der Waals surface area contributed by atoms with Crippen LogP contribution in [0.1, 0.15) is 17.4 Å². The van der Waals surface area contributed by atoms with E-state index in [1.54, 1.807) is 12.3 Å². The molecular formula is C12H10Br2O2. The summed E-state index contributed by atoms with van der Waals surface area (Å²) >= 11 is 6.73. The fraction of sp³-hybridized carbons (Fsp3) is 0.167. The summed E-state index contributed by atoms with van der Waals surface area (Å²) in [6.45, 7) is 0. The zero-order valence-corrected chi connectivity index (χ0v) is 11.5. The van der Waals surface area contributed by atoms with Crippen LogP contribution in [0, 0.1) is 0 Å². The molecule has 0 saturated heterocycles. The Morgan fingerprint density at radius 1 is 1.25 bits per heavy atom. The van der Waals surface area contributed by atoms with Gasteiger partial charge in [-0.05, 0) is 39.7 Å². The minimum atomic E-state index is -0.626. The third kappa shape index (κ3) is 2.75. The molecule has 0 spiro atoms. The van der Waals surface area contributed by atoms with Crippen LogP contribution in [0.15, 0.2) is 50.0 Å². The molecule has 2 nitrogen and oxygen atoms in total. The Hall–Kier alpha value is -0.580. The lowest BCUT2D eigenvalue weighted by Crippen LogP contribution is -2.01. The number of aliphatic hydroxyl groups is 1. The number of aliphatic hydroxyl groups excluding tert-OH is 1. The number of rotatable bonds is 3. The molecule has 0 aliphatic carbocycles. The molecule has 0 bridgehead atoms. The number of benzene rings is 1. The number of hydrogen-bond donors (Lipinski definition) is 1. The van der Waals surface area contributed by atoms with Crippen LogP contribution in [-0.2, 0) is 6.42 Å². The minimum Gasteiger partial charge on any atom is -0.465 e. The maximum Gasteiger partial charge on any atom is 0.146 e. The van der Waals surface area contributed by atoms with Gasteiger partial charge >= 0.3 is 0 Å². The number of halogens is 2. The lowest BCUT2D eigenvalue weighted by atomic mass is 10.1. The van der Waals surface area contributed by atoms with Crippen molar-refractivity contribution in [2.75, 3.05) is 0 Å². The number of furan rings is 1. The van der Waals surface area contributed by atoms with E-state index in [0.29, 0.717) is 12.2 Å². The summed E-state index contributed by atoms with van der Waals surface area (Å²) in [5.41, 5.74) is 1.06. The average Bonchev–Trinajstić information content (AvgIpc) is 2.64. The van der Waals surface area contributed by atoms with E-state index in [2.05, 4.69) is 31.9 Å². The van der Waals surface area contributed by atoms with Gasteiger partial charge in [0.2, 0.25) is 0 Å². The predicted octanol–water partition coefficient (Wildman–Crippen LogP) is 4.08. The molecule has 2 rings (SSSR count). The van der Waals surface area contributed by atoms with Gasteiger partial charge in [0.1, 0.15) is 11.9 Å². The third-order valence-electron chi connectivity index (χ3n) is 2.27. The summed E-state index contributed by atoms with van der Waals surface area (Å²) in [6, 6.07) is 9.65. The first-order valence-corrected chi connectivity index (χ1v) is 6.41. The fourth-order valence-corrected chi connectivity index (χ4v) is 2.44. The van der Waals surface area contributed by atoms with Crippen molar-refractivity contribution in [3.8, 4) is 0 Å². The molecule has 4 heteroatoms. The SMILES string of the molecule is OC(Cc1cccc(Br)c1)c1occc1Br. The van der Waals surface area contributed by atoms with Gasteiger partial charge in [0.25, 0.3) is 0 Å². The normalized spacial score (nSPS) is 12.7. The molecule has 0 aliphatic rings. The highest BCUT2D eigenvalue weighted by Crippen LogP contribution is 2.27. The second-order valence-corrected chi connectivity index (χ2v) is 5.25. The second-order valence-electron chi connectivity index (χ2n) is 3.48. The Kier molecular flexibility index (Phi) is 3.84. The largest absolute Gasteiger partial charge is 0.465 e. The van der Waals surface area contributed by atoms with Crippen LogP contribution in [-0.4, -0.2) is 5.11 Å².